The zero-order valence-corrected chi connectivity index (χ0v) is 14.6. The maximum absolute atomic E-state index is 12.6. The van der Waals surface area contributed by atoms with Gasteiger partial charge in [0, 0.05) is 0 Å². The van der Waals surface area contributed by atoms with Crippen LogP contribution in [0.2, 0.25) is 0 Å². The van der Waals surface area contributed by atoms with Gasteiger partial charge >= 0.3 is 5.97 Å². The van der Waals surface area contributed by atoms with Crippen molar-refractivity contribution < 1.29 is 14.6 Å². The highest BCUT2D eigenvalue weighted by atomic mass is 17.2. The molecule has 124 valence electrons. The lowest BCUT2D eigenvalue weighted by atomic mass is 9.78. The lowest BCUT2D eigenvalue weighted by molar-refractivity contribution is -0.336. The van der Waals surface area contributed by atoms with Gasteiger partial charge in [-0.25, -0.2) is 4.79 Å². The fraction of sp³-hybridized carbons (Fsp3) is 0.632. The van der Waals surface area contributed by atoms with Crippen molar-refractivity contribution in [3.8, 4) is 0 Å². The summed E-state index contributed by atoms with van der Waals surface area (Å²) >= 11 is 0. The molecule has 0 heterocycles. The van der Waals surface area contributed by atoms with Crippen molar-refractivity contribution >= 4 is 5.97 Å². The van der Waals surface area contributed by atoms with Crippen LogP contribution >= 0.6 is 0 Å². The third-order valence-corrected chi connectivity index (χ3v) is 4.59. The van der Waals surface area contributed by atoms with Crippen LogP contribution in [0.3, 0.4) is 0 Å². The second-order valence-electron chi connectivity index (χ2n) is 6.42. The van der Waals surface area contributed by atoms with Crippen molar-refractivity contribution in [3.05, 3.63) is 35.9 Å². The van der Waals surface area contributed by atoms with Gasteiger partial charge in [-0.15, -0.1) is 0 Å². The number of rotatable bonds is 9. The lowest BCUT2D eigenvalue weighted by Gasteiger charge is -2.30. The molecule has 0 fully saturated rings. The number of benzene rings is 1. The Morgan fingerprint density at radius 3 is 2.14 bits per heavy atom. The fourth-order valence-corrected chi connectivity index (χ4v) is 2.63. The minimum Gasteiger partial charge on any atom is -0.297 e. The van der Waals surface area contributed by atoms with E-state index in [1.165, 1.54) is 0 Å². The van der Waals surface area contributed by atoms with Crippen molar-refractivity contribution in [2.75, 3.05) is 0 Å². The number of unbranched alkanes of at least 4 members (excludes halogenated alkanes) is 1. The van der Waals surface area contributed by atoms with Gasteiger partial charge in [0.25, 0.3) is 0 Å². The average Bonchev–Trinajstić information content (AvgIpc) is 2.55. The Kier molecular flexibility index (Phi) is 7.08. The molecule has 0 radical (unpaired) electrons. The fourth-order valence-electron chi connectivity index (χ4n) is 2.63. The summed E-state index contributed by atoms with van der Waals surface area (Å²) in [5, 5.41) is 0. The van der Waals surface area contributed by atoms with Gasteiger partial charge in [-0.05, 0) is 38.7 Å². The van der Waals surface area contributed by atoms with E-state index in [0.29, 0.717) is 0 Å². The molecule has 0 amide bonds. The molecule has 22 heavy (non-hydrogen) atoms. The molecule has 1 aromatic rings. The van der Waals surface area contributed by atoms with Gasteiger partial charge < -0.3 is 0 Å². The van der Waals surface area contributed by atoms with Gasteiger partial charge in [0.1, 0.15) is 5.60 Å². The molecule has 1 rings (SSSR count). The van der Waals surface area contributed by atoms with Crippen LogP contribution in [-0.2, 0) is 20.2 Å². The van der Waals surface area contributed by atoms with E-state index < -0.39 is 11.0 Å². The van der Waals surface area contributed by atoms with E-state index in [2.05, 4.69) is 6.92 Å². The molecule has 0 aliphatic carbocycles. The van der Waals surface area contributed by atoms with E-state index in [-0.39, 0.29) is 5.97 Å². The highest BCUT2D eigenvalue weighted by molar-refractivity contribution is 5.76. The Hall–Kier alpha value is -1.35. The summed E-state index contributed by atoms with van der Waals surface area (Å²) in [6.45, 7) is 10.0. The Bertz CT molecular complexity index is 447. The molecule has 0 unspecified atom stereocenters. The molecule has 0 bridgehead atoms. The summed E-state index contributed by atoms with van der Waals surface area (Å²) in [7, 11) is 0. The molecule has 0 aromatic heterocycles. The topological polar surface area (TPSA) is 35.5 Å². The van der Waals surface area contributed by atoms with Crippen LogP contribution in [0.1, 0.15) is 72.3 Å². The smallest absolute Gasteiger partial charge is 0.297 e. The maximum Gasteiger partial charge on any atom is 0.348 e. The molecule has 1 aromatic carbocycles. The second kappa shape index (κ2) is 8.33. The minimum atomic E-state index is -0.658. The van der Waals surface area contributed by atoms with E-state index in [1.807, 2.05) is 58.0 Å². The van der Waals surface area contributed by atoms with Crippen LogP contribution < -0.4 is 0 Å². The highest BCUT2D eigenvalue weighted by Gasteiger charge is 2.38. The van der Waals surface area contributed by atoms with E-state index >= 15 is 0 Å². The molecular formula is C19H30O3. The molecule has 0 saturated heterocycles. The molecule has 3 nitrogen and oxygen atoms in total. The summed E-state index contributed by atoms with van der Waals surface area (Å²) < 4.78 is 0. The van der Waals surface area contributed by atoms with Crippen LogP contribution in [0, 0.1) is 5.41 Å². The van der Waals surface area contributed by atoms with Gasteiger partial charge in [0.2, 0.25) is 0 Å². The largest absolute Gasteiger partial charge is 0.348 e. The van der Waals surface area contributed by atoms with Crippen molar-refractivity contribution in [1.82, 2.24) is 0 Å². The number of carbonyl (C=O) groups excluding carboxylic acids is 1. The molecule has 0 aliphatic heterocycles. The van der Waals surface area contributed by atoms with Crippen LogP contribution in [-0.4, -0.2) is 5.97 Å². The quantitative estimate of drug-likeness (QED) is 0.453. The van der Waals surface area contributed by atoms with Crippen molar-refractivity contribution in [3.63, 3.8) is 0 Å². The lowest BCUT2D eigenvalue weighted by Crippen LogP contribution is -2.34. The first-order valence-electron chi connectivity index (χ1n) is 8.37. The van der Waals surface area contributed by atoms with Crippen LogP contribution in [0.4, 0.5) is 0 Å². The van der Waals surface area contributed by atoms with E-state index in [1.54, 1.807) is 0 Å². The monoisotopic (exact) mass is 306 g/mol. The average molecular weight is 306 g/mol. The first kappa shape index (κ1) is 18.7. The standard InChI is InChI=1S/C19H30O3/c1-6-9-15-19(7-2,8-3)17(20)21-22-18(4,5)16-13-11-10-12-14-16/h10-14H,6-9,15H2,1-5H3. The van der Waals surface area contributed by atoms with Gasteiger partial charge in [-0.2, -0.15) is 4.89 Å². The third kappa shape index (κ3) is 4.57. The van der Waals surface area contributed by atoms with Crippen molar-refractivity contribution in [2.24, 2.45) is 5.41 Å². The van der Waals surface area contributed by atoms with Crippen LogP contribution in [0.15, 0.2) is 30.3 Å². The minimum absolute atomic E-state index is 0.241. The number of carbonyl (C=O) groups is 1. The first-order valence-corrected chi connectivity index (χ1v) is 8.37. The molecule has 3 heteroatoms. The second-order valence-corrected chi connectivity index (χ2v) is 6.42. The molecular weight excluding hydrogens is 276 g/mol. The van der Waals surface area contributed by atoms with Crippen molar-refractivity contribution in [2.45, 2.75) is 72.3 Å². The third-order valence-electron chi connectivity index (χ3n) is 4.59. The molecule has 0 spiro atoms. The normalized spacial score (nSPS) is 12.2. The summed E-state index contributed by atoms with van der Waals surface area (Å²) in [6, 6.07) is 9.79. The van der Waals surface area contributed by atoms with E-state index in [4.69, 9.17) is 9.78 Å². The Labute approximate surface area is 134 Å². The number of hydrogen-bond acceptors (Lipinski definition) is 3. The van der Waals surface area contributed by atoms with Gasteiger partial charge in [-0.3, -0.25) is 4.89 Å². The molecule has 0 atom stereocenters. The van der Waals surface area contributed by atoms with E-state index in [0.717, 1.165) is 37.7 Å². The SMILES string of the molecule is CCCCC(CC)(CC)C(=O)OOC(C)(C)c1ccccc1. The molecule has 0 saturated carbocycles. The van der Waals surface area contributed by atoms with Crippen LogP contribution in [0.25, 0.3) is 0 Å². The Morgan fingerprint density at radius 2 is 1.64 bits per heavy atom. The Balaban J connectivity index is 2.74. The van der Waals surface area contributed by atoms with Crippen LogP contribution in [0.5, 0.6) is 0 Å². The summed E-state index contributed by atoms with van der Waals surface area (Å²) in [5.74, 6) is -0.241. The van der Waals surface area contributed by atoms with Gasteiger partial charge in [0.05, 0.1) is 5.41 Å². The zero-order chi connectivity index (χ0) is 16.6. The highest BCUT2D eigenvalue weighted by Crippen LogP contribution is 2.35. The zero-order valence-electron chi connectivity index (χ0n) is 14.6. The Morgan fingerprint density at radius 1 is 1.05 bits per heavy atom. The predicted octanol–water partition coefficient (Wildman–Crippen LogP) is 5.39. The van der Waals surface area contributed by atoms with E-state index in [9.17, 15) is 4.79 Å². The van der Waals surface area contributed by atoms with Gasteiger partial charge in [-0.1, -0.05) is 63.9 Å². The summed E-state index contributed by atoms with van der Waals surface area (Å²) in [4.78, 5) is 23.3. The molecule has 0 aliphatic rings. The first-order chi connectivity index (χ1) is 10.4. The summed E-state index contributed by atoms with van der Waals surface area (Å²) in [6.07, 6.45) is 4.50. The van der Waals surface area contributed by atoms with Gasteiger partial charge in [0.15, 0.2) is 0 Å². The van der Waals surface area contributed by atoms with Crippen molar-refractivity contribution in [1.29, 1.82) is 0 Å². The summed E-state index contributed by atoms with van der Waals surface area (Å²) in [5.41, 5.74) is -0.104. The maximum atomic E-state index is 12.6. The predicted molar refractivity (Wildman–Crippen MR) is 89.2 cm³/mol. The number of hydrogen-bond donors (Lipinski definition) is 0. The molecule has 0 N–H and O–H groups in total.